The summed E-state index contributed by atoms with van der Waals surface area (Å²) in [5.74, 6) is -0.0399. The van der Waals surface area contributed by atoms with Gasteiger partial charge in [0.1, 0.15) is 29.8 Å². The van der Waals surface area contributed by atoms with Crippen LogP contribution in [-0.2, 0) is 4.74 Å². The molecular weight excluding hydrogens is 357 g/mol. The summed E-state index contributed by atoms with van der Waals surface area (Å²) in [5.41, 5.74) is 1.69. The summed E-state index contributed by atoms with van der Waals surface area (Å²) in [5, 5.41) is 13.5. The van der Waals surface area contributed by atoms with Crippen molar-refractivity contribution in [1.29, 1.82) is 5.26 Å². The summed E-state index contributed by atoms with van der Waals surface area (Å²) < 4.78 is 24.6. The Balaban J connectivity index is 2.01. The predicted molar refractivity (Wildman–Crippen MR) is 98.5 cm³/mol. The largest absolute Gasteiger partial charge is 0.490 e. The number of rotatable bonds is 6. The maximum absolute atomic E-state index is 14.1. The maximum atomic E-state index is 14.1. The van der Waals surface area contributed by atoms with Crippen LogP contribution >= 0.6 is 11.6 Å². The molecule has 0 aliphatic rings. The molecule has 0 fully saturated rings. The van der Waals surface area contributed by atoms with Crippen LogP contribution < -0.4 is 10.1 Å². The highest BCUT2D eigenvalue weighted by molar-refractivity contribution is 6.30. The molecule has 0 amide bonds. The van der Waals surface area contributed by atoms with E-state index < -0.39 is 5.82 Å². The van der Waals surface area contributed by atoms with Crippen LogP contribution in [0.25, 0.3) is 10.9 Å². The zero-order valence-electron chi connectivity index (χ0n) is 13.9. The second-order valence-corrected chi connectivity index (χ2v) is 5.83. The molecule has 1 aromatic heterocycles. The summed E-state index contributed by atoms with van der Waals surface area (Å²) in [4.78, 5) is 4.29. The van der Waals surface area contributed by atoms with Gasteiger partial charge in [-0.3, -0.25) is 4.98 Å². The molecule has 0 unspecified atom stereocenters. The first-order chi connectivity index (χ1) is 12.6. The normalized spacial score (nSPS) is 10.5. The van der Waals surface area contributed by atoms with E-state index in [0.29, 0.717) is 46.1 Å². The van der Waals surface area contributed by atoms with Crippen LogP contribution in [0.5, 0.6) is 5.75 Å². The van der Waals surface area contributed by atoms with Gasteiger partial charge in [-0.2, -0.15) is 5.26 Å². The first-order valence-corrected chi connectivity index (χ1v) is 8.17. The van der Waals surface area contributed by atoms with Crippen molar-refractivity contribution in [3.63, 3.8) is 0 Å². The molecule has 3 rings (SSSR count). The van der Waals surface area contributed by atoms with Crippen LogP contribution in [0.15, 0.2) is 42.6 Å². The fourth-order valence-electron chi connectivity index (χ4n) is 2.51. The summed E-state index contributed by atoms with van der Waals surface area (Å²) in [7, 11) is 1.57. The number of nitrogens with zero attached hydrogens (tertiary/aromatic N) is 2. The number of benzene rings is 2. The first-order valence-electron chi connectivity index (χ1n) is 7.79. The molecule has 0 saturated heterocycles. The van der Waals surface area contributed by atoms with Gasteiger partial charge in [0.2, 0.25) is 0 Å². The molecule has 1 heterocycles. The third kappa shape index (κ3) is 3.69. The van der Waals surface area contributed by atoms with Crippen molar-refractivity contribution < 1.29 is 13.9 Å². The Morgan fingerprint density at radius 2 is 2.04 bits per heavy atom. The van der Waals surface area contributed by atoms with Crippen LogP contribution in [0.4, 0.5) is 15.8 Å². The lowest BCUT2D eigenvalue weighted by molar-refractivity contribution is 0.146. The zero-order chi connectivity index (χ0) is 18.5. The van der Waals surface area contributed by atoms with E-state index in [1.165, 1.54) is 6.07 Å². The van der Waals surface area contributed by atoms with Gasteiger partial charge in [0.05, 0.1) is 17.8 Å². The smallest absolute Gasteiger partial charge is 0.148 e. The second kappa shape index (κ2) is 8.00. The van der Waals surface area contributed by atoms with Gasteiger partial charge >= 0.3 is 0 Å². The number of nitriles is 1. The molecule has 0 saturated carbocycles. The molecule has 0 spiro atoms. The van der Waals surface area contributed by atoms with E-state index in [1.54, 1.807) is 43.6 Å². The molecule has 0 atom stereocenters. The highest BCUT2D eigenvalue weighted by Gasteiger charge is 2.13. The van der Waals surface area contributed by atoms with Gasteiger partial charge in [-0.1, -0.05) is 11.6 Å². The van der Waals surface area contributed by atoms with E-state index in [-0.39, 0.29) is 5.69 Å². The third-order valence-electron chi connectivity index (χ3n) is 3.73. The minimum absolute atomic E-state index is 0.279. The highest BCUT2D eigenvalue weighted by atomic mass is 35.5. The van der Waals surface area contributed by atoms with Gasteiger partial charge in [-0.05, 0) is 36.4 Å². The fraction of sp³-hybridized carbons (Fsp3) is 0.158. The molecule has 2 aromatic carbocycles. The predicted octanol–water partition coefficient (Wildman–Crippen LogP) is 4.67. The standard InChI is InChI=1S/C19H15ClFN3O2/c1-25-8-9-26-18-5-3-13-16(6-7-23-19(13)14(18)11-22)24-17-4-2-12(20)10-15(17)21/h2-7,10H,8-9H2,1H3,(H,23,24). The Bertz CT molecular complexity index is 988. The Morgan fingerprint density at radius 1 is 1.19 bits per heavy atom. The summed E-state index contributed by atoms with van der Waals surface area (Å²) in [6.45, 7) is 0.735. The number of halogens is 2. The van der Waals surface area contributed by atoms with Crippen LogP contribution in [0.1, 0.15) is 5.56 Å². The number of aromatic nitrogens is 1. The topological polar surface area (TPSA) is 67.2 Å². The van der Waals surface area contributed by atoms with Crippen LogP contribution in [0.2, 0.25) is 5.02 Å². The van der Waals surface area contributed by atoms with E-state index in [1.807, 2.05) is 0 Å². The summed E-state index contributed by atoms with van der Waals surface area (Å²) in [6.07, 6.45) is 1.55. The van der Waals surface area contributed by atoms with Gasteiger partial charge < -0.3 is 14.8 Å². The number of nitrogens with one attached hydrogen (secondary N) is 1. The van der Waals surface area contributed by atoms with Crippen molar-refractivity contribution in [3.05, 3.63) is 59.0 Å². The van der Waals surface area contributed by atoms with Gasteiger partial charge in [0, 0.05) is 29.4 Å². The average Bonchev–Trinajstić information content (AvgIpc) is 2.64. The zero-order valence-corrected chi connectivity index (χ0v) is 14.7. The number of methoxy groups -OCH3 is 1. The quantitative estimate of drug-likeness (QED) is 0.638. The van der Waals surface area contributed by atoms with Crippen molar-refractivity contribution in [3.8, 4) is 11.8 Å². The lowest BCUT2D eigenvalue weighted by Crippen LogP contribution is -2.06. The maximum Gasteiger partial charge on any atom is 0.148 e. The van der Waals surface area contributed by atoms with Crippen LogP contribution in [-0.4, -0.2) is 25.3 Å². The van der Waals surface area contributed by atoms with Gasteiger partial charge in [0.15, 0.2) is 0 Å². The molecule has 0 radical (unpaired) electrons. The van der Waals surface area contributed by atoms with Crippen molar-refractivity contribution in [2.45, 2.75) is 0 Å². The second-order valence-electron chi connectivity index (χ2n) is 5.40. The fourth-order valence-corrected chi connectivity index (χ4v) is 2.67. The Morgan fingerprint density at radius 3 is 2.77 bits per heavy atom. The lowest BCUT2D eigenvalue weighted by atomic mass is 10.1. The average molecular weight is 372 g/mol. The minimum atomic E-state index is -0.470. The van der Waals surface area contributed by atoms with Crippen molar-refractivity contribution in [2.24, 2.45) is 0 Å². The molecule has 0 aliphatic heterocycles. The highest BCUT2D eigenvalue weighted by Crippen LogP contribution is 2.32. The molecule has 132 valence electrons. The minimum Gasteiger partial charge on any atom is -0.490 e. The first kappa shape index (κ1) is 17.9. The number of pyridine rings is 1. The van der Waals surface area contributed by atoms with Crippen molar-refractivity contribution >= 4 is 33.9 Å². The lowest BCUT2D eigenvalue weighted by Gasteiger charge is -2.13. The Kier molecular flexibility index (Phi) is 5.52. The molecule has 1 N–H and O–H groups in total. The van der Waals surface area contributed by atoms with Gasteiger partial charge in [0.25, 0.3) is 0 Å². The number of anilines is 2. The van der Waals surface area contributed by atoms with E-state index in [4.69, 9.17) is 21.1 Å². The van der Waals surface area contributed by atoms with E-state index >= 15 is 0 Å². The molecule has 0 aliphatic carbocycles. The summed E-state index contributed by atoms with van der Waals surface area (Å²) >= 11 is 5.79. The van der Waals surface area contributed by atoms with Crippen LogP contribution in [0, 0.1) is 17.1 Å². The molecule has 0 bridgehead atoms. The molecule has 5 nitrogen and oxygen atoms in total. The van der Waals surface area contributed by atoms with Crippen molar-refractivity contribution in [2.75, 3.05) is 25.6 Å². The van der Waals surface area contributed by atoms with Gasteiger partial charge in [-0.15, -0.1) is 0 Å². The van der Waals surface area contributed by atoms with E-state index in [9.17, 15) is 9.65 Å². The Hall–Kier alpha value is -2.88. The number of hydrogen-bond donors (Lipinski definition) is 1. The van der Waals surface area contributed by atoms with Crippen molar-refractivity contribution in [1.82, 2.24) is 4.98 Å². The van der Waals surface area contributed by atoms with E-state index in [0.717, 1.165) is 0 Å². The number of fused-ring (bicyclic) bond motifs is 1. The SMILES string of the molecule is COCCOc1ccc2c(Nc3ccc(Cl)cc3F)ccnc2c1C#N. The molecule has 7 heteroatoms. The molecule has 26 heavy (non-hydrogen) atoms. The molecular formula is C19H15ClFN3O2. The van der Waals surface area contributed by atoms with E-state index in [2.05, 4.69) is 16.4 Å². The number of hydrogen-bond acceptors (Lipinski definition) is 5. The summed E-state index contributed by atoms with van der Waals surface area (Å²) in [6, 6.07) is 11.7. The monoisotopic (exact) mass is 371 g/mol. The molecule has 3 aromatic rings. The number of ether oxygens (including phenoxy) is 2. The van der Waals surface area contributed by atoms with Gasteiger partial charge in [-0.25, -0.2) is 4.39 Å². The van der Waals surface area contributed by atoms with Crippen LogP contribution in [0.3, 0.4) is 0 Å². The third-order valence-corrected chi connectivity index (χ3v) is 3.97. The Labute approximate surface area is 154 Å².